The first-order valence-corrected chi connectivity index (χ1v) is 9.89. The number of carbonyl (C=O) groups excluding carboxylic acids is 1. The number of benzene rings is 1. The molecule has 2 aliphatic rings. The number of rotatable bonds is 6. The highest BCUT2D eigenvalue weighted by molar-refractivity contribution is 5.76. The van der Waals surface area contributed by atoms with E-state index in [4.69, 9.17) is 5.73 Å². The van der Waals surface area contributed by atoms with E-state index in [1.807, 2.05) is 0 Å². The molecule has 1 amide bonds. The minimum absolute atomic E-state index is 0.0512. The predicted octanol–water partition coefficient (Wildman–Crippen LogP) is 2.85. The number of fused-ring (bicyclic) bond motifs is 1. The average Bonchev–Trinajstić information content (AvgIpc) is 2.66. The number of nitrogens with one attached hydrogen (secondary N) is 1. The zero-order valence-electron chi connectivity index (χ0n) is 15.6. The molecule has 138 valence electrons. The van der Waals surface area contributed by atoms with Gasteiger partial charge in [0.05, 0.1) is 0 Å². The van der Waals surface area contributed by atoms with Gasteiger partial charge in [0.1, 0.15) is 0 Å². The van der Waals surface area contributed by atoms with Crippen LogP contribution in [-0.2, 0) is 17.8 Å². The number of hydrogen-bond acceptors (Lipinski definition) is 3. The lowest BCUT2D eigenvalue weighted by Crippen LogP contribution is -2.45. The fourth-order valence-electron chi connectivity index (χ4n) is 4.44. The molecule has 1 aliphatic heterocycles. The van der Waals surface area contributed by atoms with Gasteiger partial charge in [-0.1, -0.05) is 43.5 Å². The molecule has 1 aromatic rings. The Morgan fingerprint density at radius 3 is 2.68 bits per heavy atom. The number of hydrogen-bond donors (Lipinski definition) is 2. The second kappa shape index (κ2) is 8.33. The first-order valence-electron chi connectivity index (χ1n) is 9.89. The average molecular weight is 344 g/mol. The summed E-state index contributed by atoms with van der Waals surface area (Å²) >= 11 is 0. The maximum atomic E-state index is 12.5. The van der Waals surface area contributed by atoms with Crippen LogP contribution in [0.4, 0.5) is 0 Å². The molecule has 0 bridgehead atoms. The molecule has 0 aromatic heterocycles. The van der Waals surface area contributed by atoms with Crippen LogP contribution >= 0.6 is 0 Å². The summed E-state index contributed by atoms with van der Waals surface area (Å²) in [5.41, 5.74) is 8.96. The topological polar surface area (TPSA) is 58.4 Å². The van der Waals surface area contributed by atoms with Crippen molar-refractivity contribution in [2.24, 2.45) is 11.1 Å². The van der Waals surface area contributed by atoms with Crippen molar-refractivity contribution in [1.29, 1.82) is 0 Å². The fraction of sp³-hybridized carbons (Fsp3) is 0.667. The summed E-state index contributed by atoms with van der Waals surface area (Å²) in [5.74, 6) is 0.177. The zero-order chi connectivity index (χ0) is 17.7. The van der Waals surface area contributed by atoms with E-state index >= 15 is 0 Å². The maximum absolute atomic E-state index is 12.5. The summed E-state index contributed by atoms with van der Waals surface area (Å²) in [4.78, 5) is 14.9. The van der Waals surface area contributed by atoms with Crippen LogP contribution in [0.25, 0.3) is 0 Å². The van der Waals surface area contributed by atoms with Crippen LogP contribution in [0.3, 0.4) is 0 Å². The lowest BCUT2D eigenvalue weighted by Gasteiger charge is -2.36. The molecule has 1 aromatic carbocycles. The van der Waals surface area contributed by atoms with Gasteiger partial charge in [-0.15, -0.1) is 0 Å². The standard InChI is InChI=1S/C21H33N3O/c1-17(24-12-9-18-7-3-4-8-19(18)15-24)14-23-20(25)13-21(16-22)10-5-2-6-11-21/h3-4,7-8,17H,2,5-6,9-16,22H2,1H3,(H,23,25). The molecule has 0 spiro atoms. The highest BCUT2D eigenvalue weighted by Crippen LogP contribution is 2.38. The van der Waals surface area contributed by atoms with Crippen LogP contribution in [-0.4, -0.2) is 36.5 Å². The van der Waals surface area contributed by atoms with Gasteiger partial charge in [-0.05, 0) is 49.3 Å². The Balaban J connectivity index is 1.47. The van der Waals surface area contributed by atoms with Crippen LogP contribution in [0.1, 0.15) is 56.6 Å². The minimum Gasteiger partial charge on any atom is -0.355 e. The number of carbonyl (C=O) groups is 1. The van der Waals surface area contributed by atoms with Gasteiger partial charge in [0, 0.05) is 32.1 Å². The van der Waals surface area contributed by atoms with Gasteiger partial charge in [-0.2, -0.15) is 0 Å². The van der Waals surface area contributed by atoms with E-state index < -0.39 is 0 Å². The molecule has 1 heterocycles. The number of amides is 1. The van der Waals surface area contributed by atoms with E-state index in [1.165, 1.54) is 30.4 Å². The summed E-state index contributed by atoms with van der Waals surface area (Å²) in [5, 5.41) is 3.17. The van der Waals surface area contributed by atoms with Crippen molar-refractivity contribution < 1.29 is 4.79 Å². The van der Waals surface area contributed by atoms with Crippen molar-refractivity contribution >= 4 is 5.91 Å². The van der Waals surface area contributed by atoms with Crippen LogP contribution < -0.4 is 11.1 Å². The van der Waals surface area contributed by atoms with Gasteiger partial charge in [0.2, 0.25) is 5.91 Å². The molecule has 0 radical (unpaired) electrons. The van der Waals surface area contributed by atoms with E-state index in [-0.39, 0.29) is 11.3 Å². The lowest BCUT2D eigenvalue weighted by molar-refractivity contribution is -0.124. The fourth-order valence-corrected chi connectivity index (χ4v) is 4.44. The third-order valence-corrected chi connectivity index (χ3v) is 6.26. The molecule has 1 fully saturated rings. The van der Waals surface area contributed by atoms with Gasteiger partial charge in [-0.3, -0.25) is 9.69 Å². The first-order chi connectivity index (χ1) is 12.1. The van der Waals surface area contributed by atoms with Gasteiger partial charge < -0.3 is 11.1 Å². The van der Waals surface area contributed by atoms with Crippen molar-refractivity contribution in [1.82, 2.24) is 10.2 Å². The van der Waals surface area contributed by atoms with Crippen molar-refractivity contribution in [3.05, 3.63) is 35.4 Å². The molecule has 25 heavy (non-hydrogen) atoms. The van der Waals surface area contributed by atoms with Crippen molar-refractivity contribution in [2.75, 3.05) is 19.6 Å². The molecule has 4 nitrogen and oxygen atoms in total. The van der Waals surface area contributed by atoms with Gasteiger partial charge in [0.15, 0.2) is 0 Å². The van der Waals surface area contributed by atoms with Crippen LogP contribution in [0.2, 0.25) is 0 Å². The Hall–Kier alpha value is -1.39. The maximum Gasteiger partial charge on any atom is 0.220 e. The van der Waals surface area contributed by atoms with Crippen LogP contribution in [0.5, 0.6) is 0 Å². The smallest absolute Gasteiger partial charge is 0.220 e. The Kier molecular flexibility index (Phi) is 6.13. The highest BCUT2D eigenvalue weighted by Gasteiger charge is 2.33. The van der Waals surface area contributed by atoms with Gasteiger partial charge >= 0.3 is 0 Å². The van der Waals surface area contributed by atoms with E-state index in [1.54, 1.807) is 0 Å². The zero-order valence-corrected chi connectivity index (χ0v) is 15.6. The van der Waals surface area contributed by atoms with E-state index in [0.717, 1.165) is 38.9 Å². The number of nitrogens with zero attached hydrogens (tertiary/aromatic N) is 1. The molecule has 1 unspecified atom stereocenters. The number of nitrogens with two attached hydrogens (primary N) is 1. The predicted molar refractivity (Wildman–Crippen MR) is 102 cm³/mol. The second-order valence-corrected chi connectivity index (χ2v) is 8.08. The molecule has 3 N–H and O–H groups in total. The SMILES string of the molecule is CC(CNC(=O)CC1(CN)CCCCC1)N1CCc2ccccc2C1. The van der Waals surface area contributed by atoms with Crippen LogP contribution in [0, 0.1) is 5.41 Å². The Morgan fingerprint density at radius 2 is 1.96 bits per heavy atom. The first kappa shape index (κ1) is 18.4. The molecule has 4 heteroatoms. The third-order valence-electron chi connectivity index (χ3n) is 6.26. The molecule has 1 aliphatic carbocycles. The Labute approximate surface area is 152 Å². The van der Waals surface area contributed by atoms with Crippen molar-refractivity contribution in [3.63, 3.8) is 0 Å². The largest absolute Gasteiger partial charge is 0.355 e. The Bertz CT molecular complexity index is 580. The van der Waals surface area contributed by atoms with E-state index in [9.17, 15) is 4.79 Å². The quantitative estimate of drug-likeness (QED) is 0.835. The van der Waals surface area contributed by atoms with Gasteiger partial charge in [0.25, 0.3) is 0 Å². The molecule has 0 saturated heterocycles. The molecule has 1 saturated carbocycles. The molecular formula is C21H33N3O. The highest BCUT2D eigenvalue weighted by atomic mass is 16.1. The Morgan fingerprint density at radius 1 is 1.24 bits per heavy atom. The summed E-state index contributed by atoms with van der Waals surface area (Å²) in [6.07, 6.45) is 7.63. The molecular weight excluding hydrogens is 310 g/mol. The summed E-state index contributed by atoms with van der Waals surface area (Å²) < 4.78 is 0. The minimum atomic E-state index is 0.0512. The van der Waals surface area contributed by atoms with Crippen LogP contribution in [0.15, 0.2) is 24.3 Å². The monoisotopic (exact) mass is 343 g/mol. The summed E-state index contributed by atoms with van der Waals surface area (Å²) in [6, 6.07) is 9.05. The van der Waals surface area contributed by atoms with E-state index in [0.29, 0.717) is 19.0 Å². The summed E-state index contributed by atoms with van der Waals surface area (Å²) in [7, 11) is 0. The normalized spacial score (nSPS) is 21.4. The molecule has 3 rings (SSSR count). The lowest BCUT2D eigenvalue weighted by atomic mass is 9.71. The van der Waals surface area contributed by atoms with Crippen molar-refractivity contribution in [2.45, 2.75) is 64.5 Å². The van der Waals surface area contributed by atoms with Gasteiger partial charge in [-0.25, -0.2) is 0 Å². The molecule has 1 atom stereocenters. The third kappa shape index (κ3) is 4.62. The second-order valence-electron chi connectivity index (χ2n) is 8.08. The van der Waals surface area contributed by atoms with E-state index in [2.05, 4.69) is 41.4 Å². The van der Waals surface area contributed by atoms with Crippen molar-refractivity contribution in [3.8, 4) is 0 Å². The summed E-state index contributed by atoms with van der Waals surface area (Å²) in [6.45, 7) is 5.63.